The Morgan fingerprint density at radius 2 is 2.10 bits per heavy atom. The fraction of sp³-hybridized carbons (Fsp3) is 0.682. The van der Waals surface area contributed by atoms with Gasteiger partial charge in [-0.05, 0) is 38.4 Å². The number of nitrogens with one attached hydrogen (secondary N) is 1. The van der Waals surface area contributed by atoms with Crippen molar-refractivity contribution < 1.29 is 9.47 Å². The van der Waals surface area contributed by atoms with E-state index in [-0.39, 0.29) is 6.10 Å². The van der Waals surface area contributed by atoms with Crippen LogP contribution in [0.5, 0.6) is 5.75 Å². The van der Waals surface area contributed by atoms with Gasteiger partial charge in [0, 0.05) is 57.1 Å². The fourth-order valence-electron chi connectivity index (χ4n) is 4.59. The van der Waals surface area contributed by atoms with Gasteiger partial charge in [0.25, 0.3) is 0 Å². The van der Waals surface area contributed by atoms with Gasteiger partial charge in [0.15, 0.2) is 5.96 Å². The Morgan fingerprint density at radius 1 is 1.24 bits per heavy atom. The van der Waals surface area contributed by atoms with Crippen LogP contribution in [0.2, 0.25) is 0 Å². The first kappa shape index (κ1) is 20.3. The zero-order valence-corrected chi connectivity index (χ0v) is 17.8. The van der Waals surface area contributed by atoms with Crippen molar-refractivity contribution in [3.8, 4) is 5.75 Å². The number of hydrogen-bond donors (Lipinski definition) is 1. The number of guanidine groups is 1. The van der Waals surface area contributed by atoms with Crippen molar-refractivity contribution in [2.24, 2.45) is 4.99 Å². The highest BCUT2D eigenvalue weighted by molar-refractivity contribution is 5.80. The largest absolute Gasteiger partial charge is 0.497 e. The van der Waals surface area contributed by atoms with Crippen molar-refractivity contribution in [1.29, 1.82) is 0 Å². The molecule has 3 heterocycles. The second kappa shape index (κ2) is 9.67. The first-order valence-electron chi connectivity index (χ1n) is 11.0. The van der Waals surface area contributed by atoms with Gasteiger partial charge in [-0.2, -0.15) is 0 Å². The maximum absolute atomic E-state index is 6.09. The van der Waals surface area contributed by atoms with Crippen LogP contribution < -0.4 is 15.0 Å². The molecule has 0 bridgehead atoms. The van der Waals surface area contributed by atoms with E-state index in [9.17, 15) is 0 Å². The molecule has 3 aliphatic heterocycles. The molecule has 7 nitrogen and oxygen atoms in total. The molecule has 0 saturated carbocycles. The second-order valence-corrected chi connectivity index (χ2v) is 8.12. The third kappa shape index (κ3) is 4.95. The first-order valence-corrected chi connectivity index (χ1v) is 11.0. The molecule has 0 radical (unpaired) electrons. The molecule has 3 fully saturated rings. The number of piperazine rings is 1. The zero-order chi connectivity index (χ0) is 20.1. The number of ether oxygens (including phenoxy) is 2. The van der Waals surface area contributed by atoms with Gasteiger partial charge < -0.3 is 24.6 Å². The van der Waals surface area contributed by atoms with Crippen molar-refractivity contribution >= 4 is 11.6 Å². The normalized spacial score (nSPS) is 25.8. The van der Waals surface area contributed by atoms with E-state index < -0.39 is 0 Å². The maximum Gasteiger partial charge on any atom is 0.194 e. The molecular formula is C22H35N5O2. The van der Waals surface area contributed by atoms with Crippen LogP contribution in [-0.2, 0) is 4.74 Å². The molecule has 0 amide bonds. The Labute approximate surface area is 174 Å². The standard InChI is InChI=1S/C22H35N5O2/c1-3-23-22(24-15-21-16-27-9-5-7-19(27)17-29-21)26-12-10-25(11-13-26)18-6-4-8-20(14-18)28-2/h4,6,8,14,19,21H,3,5,7,9-13,15-17H2,1-2H3,(H,23,24). The molecule has 29 heavy (non-hydrogen) atoms. The number of benzene rings is 1. The third-order valence-corrected chi connectivity index (χ3v) is 6.24. The second-order valence-electron chi connectivity index (χ2n) is 8.12. The molecule has 4 rings (SSSR count). The van der Waals surface area contributed by atoms with Crippen molar-refractivity contribution in [2.45, 2.75) is 31.9 Å². The van der Waals surface area contributed by atoms with Gasteiger partial charge in [-0.3, -0.25) is 9.89 Å². The molecule has 160 valence electrons. The Balaban J connectivity index is 1.32. The summed E-state index contributed by atoms with van der Waals surface area (Å²) < 4.78 is 11.5. The van der Waals surface area contributed by atoms with Crippen molar-refractivity contribution in [1.82, 2.24) is 15.1 Å². The molecule has 0 aromatic heterocycles. The minimum Gasteiger partial charge on any atom is -0.497 e. The summed E-state index contributed by atoms with van der Waals surface area (Å²) in [5.74, 6) is 1.93. The van der Waals surface area contributed by atoms with Crippen molar-refractivity contribution in [3.05, 3.63) is 24.3 Å². The van der Waals surface area contributed by atoms with Crippen LogP contribution in [0.15, 0.2) is 29.3 Å². The third-order valence-electron chi connectivity index (χ3n) is 6.24. The summed E-state index contributed by atoms with van der Waals surface area (Å²) in [6, 6.07) is 8.96. The van der Waals surface area contributed by atoms with Crippen LogP contribution in [0, 0.1) is 0 Å². The number of nitrogens with zero attached hydrogens (tertiary/aromatic N) is 4. The topological polar surface area (TPSA) is 52.6 Å². The molecule has 2 atom stereocenters. The Kier molecular flexibility index (Phi) is 6.77. The van der Waals surface area contributed by atoms with E-state index in [2.05, 4.69) is 45.1 Å². The molecule has 1 aromatic carbocycles. The molecule has 7 heteroatoms. The Morgan fingerprint density at radius 3 is 2.90 bits per heavy atom. The van der Waals surface area contributed by atoms with Crippen LogP contribution in [0.25, 0.3) is 0 Å². The Bertz CT molecular complexity index is 690. The van der Waals surface area contributed by atoms with Gasteiger partial charge in [-0.1, -0.05) is 6.07 Å². The van der Waals surface area contributed by atoms with Gasteiger partial charge >= 0.3 is 0 Å². The molecular weight excluding hydrogens is 366 g/mol. The lowest BCUT2D eigenvalue weighted by Crippen LogP contribution is -2.53. The molecule has 0 aliphatic carbocycles. The number of morpholine rings is 1. The molecule has 1 N–H and O–H groups in total. The van der Waals surface area contributed by atoms with Gasteiger partial charge in [0.2, 0.25) is 0 Å². The van der Waals surface area contributed by atoms with Crippen LogP contribution in [0.1, 0.15) is 19.8 Å². The SMILES string of the molecule is CCNC(=NCC1CN2CCCC2CO1)N1CCN(c2cccc(OC)c2)CC1. The van der Waals surface area contributed by atoms with E-state index in [1.54, 1.807) is 7.11 Å². The van der Waals surface area contributed by atoms with E-state index in [1.807, 2.05) is 6.07 Å². The quantitative estimate of drug-likeness (QED) is 0.598. The summed E-state index contributed by atoms with van der Waals surface area (Å²) in [7, 11) is 1.72. The van der Waals surface area contributed by atoms with Gasteiger partial charge in [-0.15, -0.1) is 0 Å². The predicted octanol–water partition coefficient (Wildman–Crippen LogP) is 1.65. The number of fused-ring (bicyclic) bond motifs is 1. The molecule has 3 aliphatic rings. The number of methoxy groups -OCH3 is 1. The monoisotopic (exact) mass is 401 g/mol. The van der Waals surface area contributed by atoms with Gasteiger partial charge in [0.05, 0.1) is 26.4 Å². The molecule has 0 spiro atoms. The highest BCUT2D eigenvalue weighted by Gasteiger charge is 2.32. The van der Waals surface area contributed by atoms with Crippen LogP contribution in [-0.4, -0.2) is 94.0 Å². The first-order chi connectivity index (χ1) is 14.3. The lowest BCUT2D eigenvalue weighted by molar-refractivity contribution is -0.0432. The Hall–Kier alpha value is -1.99. The predicted molar refractivity (Wildman–Crippen MR) is 117 cm³/mol. The van der Waals surface area contributed by atoms with E-state index in [0.29, 0.717) is 6.04 Å². The minimum absolute atomic E-state index is 0.219. The zero-order valence-electron chi connectivity index (χ0n) is 17.8. The fourth-order valence-corrected chi connectivity index (χ4v) is 4.59. The number of aliphatic imine (C=N–C) groups is 1. The maximum atomic E-state index is 6.09. The average Bonchev–Trinajstić information content (AvgIpc) is 3.25. The van der Waals surface area contributed by atoms with Crippen molar-refractivity contribution in [3.63, 3.8) is 0 Å². The minimum atomic E-state index is 0.219. The van der Waals surface area contributed by atoms with E-state index in [0.717, 1.165) is 64.1 Å². The molecule has 3 saturated heterocycles. The van der Waals surface area contributed by atoms with Gasteiger partial charge in [-0.25, -0.2) is 0 Å². The number of rotatable bonds is 5. The summed E-state index contributed by atoms with van der Waals surface area (Å²) in [5.41, 5.74) is 1.22. The molecule has 2 unspecified atom stereocenters. The number of anilines is 1. The lowest BCUT2D eigenvalue weighted by Gasteiger charge is -2.38. The molecule has 1 aromatic rings. The summed E-state index contributed by atoms with van der Waals surface area (Å²) in [5, 5.41) is 3.48. The van der Waals surface area contributed by atoms with E-state index in [4.69, 9.17) is 14.5 Å². The average molecular weight is 402 g/mol. The van der Waals surface area contributed by atoms with Gasteiger partial charge in [0.1, 0.15) is 5.75 Å². The van der Waals surface area contributed by atoms with Crippen LogP contribution >= 0.6 is 0 Å². The lowest BCUT2D eigenvalue weighted by atomic mass is 10.2. The summed E-state index contributed by atoms with van der Waals surface area (Å²) in [6.45, 7) is 10.8. The van der Waals surface area contributed by atoms with E-state index in [1.165, 1.54) is 25.1 Å². The van der Waals surface area contributed by atoms with Crippen LogP contribution in [0.4, 0.5) is 5.69 Å². The summed E-state index contributed by atoms with van der Waals surface area (Å²) in [6.07, 6.45) is 2.82. The van der Waals surface area contributed by atoms with Crippen LogP contribution in [0.3, 0.4) is 0 Å². The highest BCUT2D eigenvalue weighted by atomic mass is 16.5. The van der Waals surface area contributed by atoms with E-state index >= 15 is 0 Å². The van der Waals surface area contributed by atoms with Crippen molar-refractivity contribution in [2.75, 3.05) is 71.0 Å². The summed E-state index contributed by atoms with van der Waals surface area (Å²) >= 11 is 0. The number of hydrogen-bond acceptors (Lipinski definition) is 5. The smallest absolute Gasteiger partial charge is 0.194 e. The summed E-state index contributed by atoms with van der Waals surface area (Å²) in [4.78, 5) is 12.3. The highest BCUT2D eigenvalue weighted by Crippen LogP contribution is 2.23.